The molecule has 2 aliphatic carbocycles. The maximum atomic E-state index is 13.4. The topological polar surface area (TPSA) is 242 Å². The molecule has 8 heterocycles. The summed E-state index contributed by atoms with van der Waals surface area (Å²) in [6.45, 7) is 11.2. The lowest BCUT2D eigenvalue weighted by atomic mass is 9.88. The van der Waals surface area contributed by atoms with Gasteiger partial charge in [0.15, 0.2) is 17.9 Å². The van der Waals surface area contributed by atoms with Crippen molar-refractivity contribution in [2.75, 3.05) is 51.4 Å². The zero-order chi connectivity index (χ0) is 56.7. The fourth-order valence-electron chi connectivity index (χ4n) is 13.0. The lowest BCUT2D eigenvalue weighted by Gasteiger charge is -2.35. The molecule has 3 N–H and O–H groups in total. The van der Waals surface area contributed by atoms with E-state index in [4.69, 9.17) is 28.9 Å². The molecule has 2 spiro atoms. The zero-order valence-electron chi connectivity index (χ0n) is 46.9. The molecule has 6 aliphatic heterocycles. The Kier molecular flexibility index (Phi) is 17.0. The van der Waals surface area contributed by atoms with Crippen molar-refractivity contribution in [2.24, 2.45) is 21.8 Å². The van der Waals surface area contributed by atoms with Crippen LogP contribution in [0, 0.1) is 11.8 Å². The maximum Gasteiger partial charge on any atom is 0.253 e. The van der Waals surface area contributed by atoms with Gasteiger partial charge in [-0.2, -0.15) is 0 Å². The van der Waals surface area contributed by atoms with Gasteiger partial charge >= 0.3 is 0 Å². The Morgan fingerprint density at radius 2 is 1.10 bits per heavy atom. The average molecular weight is 1150 g/mol. The number of aliphatic hydroxyl groups is 1. The van der Waals surface area contributed by atoms with Gasteiger partial charge in [0.05, 0.1) is 44.4 Å². The first-order valence-corrected chi connectivity index (χ1v) is 32.2. The van der Waals surface area contributed by atoms with Gasteiger partial charge in [-0.3, -0.25) is 24.4 Å². The Morgan fingerprint density at radius 1 is 0.650 bits per heavy atom. The van der Waals surface area contributed by atoms with Gasteiger partial charge in [0, 0.05) is 77.8 Å². The van der Waals surface area contributed by atoms with Crippen LogP contribution in [0.5, 0.6) is 0 Å². The van der Waals surface area contributed by atoms with Gasteiger partial charge in [-0.25, -0.2) is 25.4 Å². The third-order valence-electron chi connectivity index (χ3n) is 17.4. The largest absolute Gasteiger partial charge is 0.387 e. The Bertz CT molecular complexity index is 3210. The number of aromatic nitrogens is 2. The highest BCUT2D eigenvalue weighted by Gasteiger charge is 2.50. The van der Waals surface area contributed by atoms with Crippen LogP contribution in [0.2, 0.25) is 0 Å². The first kappa shape index (κ1) is 58.3. The van der Waals surface area contributed by atoms with Crippen LogP contribution in [0.1, 0.15) is 140 Å². The number of amidine groups is 2. The Labute approximate surface area is 470 Å². The highest BCUT2D eigenvalue weighted by Crippen LogP contribution is 2.38. The number of fused-ring (bicyclic) bond motifs is 2. The van der Waals surface area contributed by atoms with Crippen LogP contribution in [0.3, 0.4) is 0 Å². The van der Waals surface area contributed by atoms with E-state index in [2.05, 4.69) is 15.2 Å². The van der Waals surface area contributed by atoms with Crippen LogP contribution in [0.15, 0.2) is 70.9 Å². The second kappa shape index (κ2) is 23.4. The summed E-state index contributed by atoms with van der Waals surface area (Å²) in [6, 6.07) is 15.2. The van der Waals surface area contributed by atoms with Gasteiger partial charge in [0.2, 0.25) is 20.0 Å². The number of aliphatic imine (C=N–C) groups is 2. The third kappa shape index (κ3) is 12.8. The minimum Gasteiger partial charge on any atom is -0.387 e. The average Bonchev–Trinajstić information content (AvgIpc) is 4.36. The second-order valence-corrected chi connectivity index (χ2v) is 28.0. The van der Waals surface area contributed by atoms with E-state index in [0.717, 1.165) is 90.4 Å². The number of sulfonamides is 2. The predicted octanol–water partition coefficient (Wildman–Crippen LogP) is 6.59. The summed E-state index contributed by atoms with van der Waals surface area (Å²) in [6.07, 6.45) is 18.0. The molecule has 0 radical (unpaired) electrons. The molecule has 1 unspecified atom stereocenters. The van der Waals surface area contributed by atoms with Gasteiger partial charge in [-0.15, -0.1) is 0 Å². The minimum absolute atomic E-state index is 0.0313. The summed E-state index contributed by atoms with van der Waals surface area (Å²) in [5.74, 6) is 0.689. The number of nitrogens with zero attached hydrogens (tertiary/aromatic N) is 6. The van der Waals surface area contributed by atoms with Crippen molar-refractivity contribution in [1.29, 1.82) is 0 Å². The first-order valence-electron chi connectivity index (χ1n) is 28.7. The van der Waals surface area contributed by atoms with Crippen molar-refractivity contribution in [3.8, 4) is 0 Å². The molecule has 6 fully saturated rings. The number of benzene rings is 2. The van der Waals surface area contributed by atoms with Gasteiger partial charge in [-0.1, -0.05) is 62.8 Å². The van der Waals surface area contributed by atoms with Gasteiger partial charge in [0.1, 0.15) is 35.0 Å². The second-order valence-electron chi connectivity index (χ2n) is 24.0. The molecule has 3 atom stereocenters. The number of ether oxygens (including phenoxy) is 4. The van der Waals surface area contributed by atoms with E-state index in [0.29, 0.717) is 75.9 Å². The Morgan fingerprint density at radius 3 is 1.55 bits per heavy atom. The molecular weight excluding hydrogens is 1060 g/mol. The summed E-state index contributed by atoms with van der Waals surface area (Å²) in [4.78, 5) is 45.9. The highest BCUT2D eigenvalue weighted by molar-refractivity contribution is 7.89. The summed E-state index contributed by atoms with van der Waals surface area (Å²) < 4.78 is 80.0. The van der Waals surface area contributed by atoms with Gasteiger partial charge in [-0.05, 0) is 109 Å². The summed E-state index contributed by atoms with van der Waals surface area (Å²) in [7, 11) is -6.93. The smallest absolute Gasteiger partial charge is 0.253 e. The van der Waals surface area contributed by atoms with E-state index < -0.39 is 54.6 Å². The number of rotatable bonds is 12. The number of carbonyl (C=O) groups excluding carboxylic acids is 3. The molecule has 8 aliphatic rings. The van der Waals surface area contributed by atoms with E-state index in [-0.39, 0.29) is 37.1 Å². The van der Waals surface area contributed by atoms with Crippen molar-refractivity contribution in [2.45, 2.75) is 172 Å². The molecule has 12 rings (SSSR count). The molecule has 20 nitrogen and oxygen atoms in total. The van der Waals surface area contributed by atoms with E-state index in [1.54, 1.807) is 6.07 Å². The number of carbonyl (C=O) groups is 3. The summed E-state index contributed by atoms with van der Waals surface area (Å²) >= 11 is 0. The lowest BCUT2D eigenvalue weighted by molar-refractivity contribution is -0.140. The van der Waals surface area contributed by atoms with E-state index in [1.165, 1.54) is 40.5 Å². The fourth-order valence-corrected chi connectivity index (χ4v) is 15.3. The standard InChI is InChI=1S/C29H40N4O6S.C15H17NO3.C14H23N3O3S/c1-28(2)38-18-21(39-28)17-32-14-11-22-23(9-6-10-24(22)32)25(34)19-40(36,37)33-15-12-29(13-16-33)27(35)30-26(31-29)20-7-4-3-5-8-20;1-15(2)18-10-12(19-15)8-16-7-6-13-11(9-17)4-3-5-14(13)16;1-21(19,20)17-9-7-14(8-10-17)13(18)15-12(16-14)11-5-3-2-4-6-11/h6,9-11,14,20-21,25,34H,3-5,7-8,12-13,15-19H2,1-2H3,(H,30,31,35);3-7,9,12H,8,10H2,1-2H3;11H,2-10H2,1H3,(H,15,16,18)/t21-,25?;12-;/m00./s1. The Hall–Kier alpha value is -4.91. The molecule has 4 saturated heterocycles. The molecule has 0 bridgehead atoms. The first-order chi connectivity index (χ1) is 38.0. The van der Waals surface area contributed by atoms with Crippen molar-refractivity contribution in [3.63, 3.8) is 0 Å². The minimum atomic E-state index is -3.76. The van der Waals surface area contributed by atoms with E-state index in [9.17, 15) is 36.3 Å². The molecular formula is C58H80N8O12S2. The Balaban J connectivity index is 0.000000150. The van der Waals surface area contributed by atoms with Crippen LogP contribution >= 0.6 is 0 Å². The molecule has 4 aromatic rings. The molecule has 436 valence electrons. The van der Waals surface area contributed by atoms with E-state index in [1.807, 2.05) is 87.1 Å². The van der Waals surface area contributed by atoms with Crippen molar-refractivity contribution < 1.29 is 55.3 Å². The molecule has 2 aromatic heterocycles. The normalized spacial score (nSPS) is 25.6. The van der Waals surface area contributed by atoms with Crippen molar-refractivity contribution in [1.82, 2.24) is 28.4 Å². The number of piperidine rings is 2. The SMILES string of the molecule is CC1(C)OC[C@H](Cn2ccc3c(C(O)CS(=O)(=O)N4CCC5(CC4)N=C(C4CCCCC4)NC5=O)cccc32)O1.CC1(C)OC[C@H](Cn2ccc3c(C=O)cccc32)O1.CS(=O)(=O)N1CCC2(CC1)N=C(C1CCCCC1)NC2=O. The predicted molar refractivity (Wildman–Crippen MR) is 304 cm³/mol. The number of hydrogen-bond donors (Lipinski definition) is 3. The van der Waals surface area contributed by atoms with Crippen molar-refractivity contribution in [3.05, 3.63) is 72.1 Å². The number of nitrogens with one attached hydrogen (secondary N) is 2. The summed E-state index contributed by atoms with van der Waals surface area (Å²) in [5.41, 5.74) is 1.68. The lowest BCUT2D eigenvalue weighted by Crippen LogP contribution is -2.51. The van der Waals surface area contributed by atoms with Crippen LogP contribution in [0.25, 0.3) is 21.8 Å². The van der Waals surface area contributed by atoms with Crippen LogP contribution in [-0.2, 0) is 61.7 Å². The molecule has 2 aromatic carbocycles. The quantitative estimate of drug-likeness (QED) is 0.127. The molecule has 2 saturated carbocycles. The molecule has 22 heteroatoms. The van der Waals surface area contributed by atoms with Gasteiger partial charge < -0.3 is 43.8 Å². The monoisotopic (exact) mass is 1140 g/mol. The molecule has 80 heavy (non-hydrogen) atoms. The number of amides is 2. The van der Waals surface area contributed by atoms with Crippen LogP contribution < -0.4 is 10.6 Å². The zero-order valence-corrected chi connectivity index (χ0v) is 48.6. The van der Waals surface area contributed by atoms with Crippen LogP contribution in [0.4, 0.5) is 0 Å². The highest BCUT2D eigenvalue weighted by atomic mass is 32.2. The van der Waals surface area contributed by atoms with Gasteiger partial charge in [0.25, 0.3) is 11.8 Å². The van der Waals surface area contributed by atoms with Crippen LogP contribution in [-0.4, -0.2) is 156 Å². The maximum absolute atomic E-state index is 13.4. The van der Waals surface area contributed by atoms with Crippen molar-refractivity contribution >= 4 is 71.6 Å². The number of aliphatic hydroxyl groups excluding tert-OH is 1. The number of aldehydes is 1. The fraction of sp³-hybridized carbons (Fsp3) is 0.638. The third-order valence-corrected chi connectivity index (χ3v) is 20.6. The molecule has 2 amide bonds. The number of hydrogen-bond acceptors (Lipinski definition) is 14. The van der Waals surface area contributed by atoms with E-state index >= 15 is 0 Å². The summed E-state index contributed by atoms with van der Waals surface area (Å²) in [5, 5.41) is 18.9.